The SMILES string of the molecule is CC1SC(=S)N(CCCCCC(=O)Nc2cccc(C(F)(F)F)c2)C1=O. The van der Waals surface area contributed by atoms with E-state index in [-0.39, 0.29) is 29.2 Å². The van der Waals surface area contributed by atoms with Gasteiger partial charge in [-0.3, -0.25) is 14.5 Å². The molecule has 1 saturated heterocycles. The summed E-state index contributed by atoms with van der Waals surface area (Å²) >= 11 is 6.52. The highest BCUT2D eigenvalue weighted by molar-refractivity contribution is 8.24. The Bertz CT molecular complexity index is 695. The van der Waals surface area contributed by atoms with Gasteiger partial charge >= 0.3 is 6.18 Å². The molecule has 0 spiro atoms. The Kier molecular flexibility index (Phi) is 7.05. The van der Waals surface area contributed by atoms with Crippen molar-refractivity contribution in [2.75, 3.05) is 11.9 Å². The van der Waals surface area contributed by atoms with Crippen LogP contribution in [0.15, 0.2) is 24.3 Å². The van der Waals surface area contributed by atoms with E-state index in [1.807, 2.05) is 6.92 Å². The van der Waals surface area contributed by atoms with E-state index >= 15 is 0 Å². The molecule has 0 saturated carbocycles. The molecule has 142 valence electrons. The summed E-state index contributed by atoms with van der Waals surface area (Å²) in [7, 11) is 0. The first-order valence-corrected chi connectivity index (χ1v) is 9.46. The maximum atomic E-state index is 12.6. The van der Waals surface area contributed by atoms with Crippen molar-refractivity contribution >= 4 is 45.8 Å². The number of hydrogen-bond donors (Lipinski definition) is 1. The Morgan fingerprint density at radius 1 is 1.31 bits per heavy atom. The molecule has 1 aliphatic rings. The zero-order chi connectivity index (χ0) is 19.3. The number of alkyl halides is 3. The van der Waals surface area contributed by atoms with E-state index in [0.29, 0.717) is 17.3 Å². The van der Waals surface area contributed by atoms with Crippen LogP contribution in [0.4, 0.5) is 18.9 Å². The molecule has 1 aliphatic heterocycles. The minimum Gasteiger partial charge on any atom is -0.326 e. The Morgan fingerprint density at radius 3 is 2.65 bits per heavy atom. The van der Waals surface area contributed by atoms with Gasteiger partial charge in [0.25, 0.3) is 0 Å². The number of benzene rings is 1. The van der Waals surface area contributed by atoms with Crippen molar-refractivity contribution in [2.24, 2.45) is 0 Å². The van der Waals surface area contributed by atoms with Gasteiger partial charge in [0.05, 0.1) is 10.8 Å². The molecular formula is C17H19F3N2O2S2. The Morgan fingerprint density at radius 2 is 2.04 bits per heavy atom. The second-order valence-corrected chi connectivity index (χ2v) is 7.93. The summed E-state index contributed by atoms with van der Waals surface area (Å²) in [5, 5.41) is 2.34. The quantitative estimate of drug-likeness (QED) is 0.539. The molecule has 1 fully saturated rings. The molecular weight excluding hydrogens is 385 g/mol. The molecule has 1 atom stereocenters. The largest absolute Gasteiger partial charge is 0.416 e. The van der Waals surface area contributed by atoms with Crippen LogP contribution in [0.25, 0.3) is 0 Å². The lowest BCUT2D eigenvalue weighted by atomic mass is 10.1. The highest BCUT2D eigenvalue weighted by Crippen LogP contribution is 2.30. The third kappa shape index (κ3) is 5.70. The first-order valence-electron chi connectivity index (χ1n) is 8.17. The molecule has 0 aliphatic carbocycles. The highest BCUT2D eigenvalue weighted by atomic mass is 32.2. The second-order valence-electron chi connectivity index (χ2n) is 5.95. The number of carbonyl (C=O) groups excluding carboxylic acids is 2. The lowest BCUT2D eigenvalue weighted by Gasteiger charge is -2.14. The lowest BCUT2D eigenvalue weighted by Crippen LogP contribution is -2.31. The van der Waals surface area contributed by atoms with E-state index in [1.165, 1.54) is 23.9 Å². The van der Waals surface area contributed by atoms with E-state index in [1.54, 1.807) is 4.90 Å². The van der Waals surface area contributed by atoms with Crippen LogP contribution in [0.2, 0.25) is 0 Å². The van der Waals surface area contributed by atoms with Gasteiger partial charge in [-0.1, -0.05) is 36.5 Å². The fourth-order valence-corrected chi connectivity index (χ4v) is 3.96. The van der Waals surface area contributed by atoms with Crippen LogP contribution >= 0.6 is 24.0 Å². The third-order valence-electron chi connectivity index (χ3n) is 3.87. The van der Waals surface area contributed by atoms with Gasteiger partial charge in [0.2, 0.25) is 11.8 Å². The summed E-state index contributed by atoms with van der Waals surface area (Å²) in [5.74, 6) is -0.316. The molecule has 1 N–H and O–H groups in total. The highest BCUT2D eigenvalue weighted by Gasteiger charge is 2.33. The van der Waals surface area contributed by atoms with Gasteiger partial charge in [0.15, 0.2) is 0 Å². The zero-order valence-electron chi connectivity index (χ0n) is 14.1. The fourth-order valence-electron chi connectivity index (χ4n) is 2.51. The normalized spacial score (nSPS) is 17.7. The summed E-state index contributed by atoms with van der Waals surface area (Å²) in [5.41, 5.74) is -0.669. The summed E-state index contributed by atoms with van der Waals surface area (Å²) in [6, 6.07) is 4.55. The standard InChI is InChI=1S/C17H19F3N2O2S2/c1-11-15(24)22(16(25)26-11)9-4-2-3-8-14(23)21-13-7-5-6-12(10-13)17(18,19)20/h5-7,10-11H,2-4,8-9H2,1H3,(H,21,23). The van der Waals surface area contributed by atoms with Crippen LogP contribution in [0.1, 0.15) is 38.2 Å². The average Bonchev–Trinajstić information content (AvgIpc) is 2.80. The van der Waals surface area contributed by atoms with Crippen molar-refractivity contribution in [1.82, 2.24) is 4.90 Å². The number of hydrogen-bond acceptors (Lipinski definition) is 4. The number of anilines is 1. The molecule has 4 nitrogen and oxygen atoms in total. The number of amides is 2. The number of nitrogens with one attached hydrogen (secondary N) is 1. The maximum absolute atomic E-state index is 12.6. The van der Waals surface area contributed by atoms with Crippen molar-refractivity contribution < 1.29 is 22.8 Å². The minimum atomic E-state index is -4.44. The van der Waals surface area contributed by atoms with Crippen LogP contribution in [-0.2, 0) is 15.8 Å². The van der Waals surface area contributed by atoms with Crippen LogP contribution in [0.5, 0.6) is 0 Å². The maximum Gasteiger partial charge on any atom is 0.416 e. The molecule has 0 bridgehead atoms. The summed E-state index contributed by atoms with van der Waals surface area (Å²) in [6.45, 7) is 2.35. The van der Waals surface area contributed by atoms with E-state index in [4.69, 9.17) is 12.2 Å². The van der Waals surface area contributed by atoms with Gasteiger partial charge in [-0.05, 0) is 38.0 Å². The monoisotopic (exact) mass is 404 g/mol. The molecule has 0 radical (unpaired) electrons. The summed E-state index contributed by atoms with van der Waals surface area (Å²) in [6.07, 6.45) is -2.20. The van der Waals surface area contributed by atoms with E-state index < -0.39 is 11.7 Å². The van der Waals surface area contributed by atoms with Crippen molar-refractivity contribution in [3.05, 3.63) is 29.8 Å². The molecule has 2 amide bonds. The number of thioether (sulfide) groups is 1. The van der Waals surface area contributed by atoms with Gasteiger partial charge in [0.1, 0.15) is 4.32 Å². The summed E-state index contributed by atoms with van der Waals surface area (Å²) in [4.78, 5) is 25.3. The van der Waals surface area contributed by atoms with Gasteiger partial charge in [0, 0.05) is 18.7 Å². The van der Waals surface area contributed by atoms with Crippen molar-refractivity contribution in [3.63, 3.8) is 0 Å². The second kappa shape index (κ2) is 8.85. The number of unbranched alkanes of at least 4 members (excludes halogenated alkanes) is 2. The molecule has 0 aromatic heterocycles. The molecule has 1 aromatic rings. The molecule has 9 heteroatoms. The Balaban J connectivity index is 1.70. The summed E-state index contributed by atoms with van der Waals surface area (Å²) < 4.78 is 38.5. The number of halogens is 3. The number of nitrogens with zero attached hydrogens (tertiary/aromatic N) is 1. The van der Waals surface area contributed by atoms with Gasteiger partial charge < -0.3 is 5.32 Å². The Hall–Kier alpha value is -1.61. The first kappa shape index (κ1) is 20.7. The van der Waals surface area contributed by atoms with E-state index in [2.05, 4.69) is 5.32 Å². The van der Waals surface area contributed by atoms with Crippen LogP contribution in [0.3, 0.4) is 0 Å². The fraction of sp³-hybridized carbons (Fsp3) is 0.471. The topological polar surface area (TPSA) is 49.4 Å². The van der Waals surface area contributed by atoms with Crippen molar-refractivity contribution in [3.8, 4) is 0 Å². The minimum absolute atomic E-state index is 0.0160. The molecule has 1 aromatic carbocycles. The van der Waals surface area contributed by atoms with Gasteiger partial charge in [-0.2, -0.15) is 13.2 Å². The predicted molar refractivity (Wildman–Crippen MR) is 99.9 cm³/mol. The first-order chi connectivity index (χ1) is 12.2. The Labute approximate surface area is 159 Å². The smallest absolute Gasteiger partial charge is 0.326 e. The number of thiocarbonyl (C=S) groups is 1. The van der Waals surface area contributed by atoms with Crippen molar-refractivity contribution in [2.45, 2.75) is 44.0 Å². The average molecular weight is 404 g/mol. The van der Waals surface area contributed by atoms with Crippen LogP contribution in [0, 0.1) is 0 Å². The molecule has 1 heterocycles. The third-order valence-corrected chi connectivity index (χ3v) is 5.36. The van der Waals surface area contributed by atoms with E-state index in [9.17, 15) is 22.8 Å². The lowest BCUT2D eigenvalue weighted by molar-refractivity contribution is -0.137. The van der Waals surface area contributed by atoms with Gasteiger partial charge in [-0.25, -0.2) is 0 Å². The molecule has 1 unspecified atom stereocenters. The molecule has 26 heavy (non-hydrogen) atoms. The zero-order valence-corrected chi connectivity index (χ0v) is 15.8. The number of rotatable bonds is 7. The van der Waals surface area contributed by atoms with E-state index in [0.717, 1.165) is 25.0 Å². The van der Waals surface area contributed by atoms with Gasteiger partial charge in [-0.15, -0.1) is 0 Å². The predicted octanol–water partition coefficient (Wildman–Crippen LogP) is 4.45. The van der Waals surface area contributed by atoms with Crippen LogP contribution in [-0.4, -0.2) is 32.8 Å². The molecule has 2 rings (SSSR count). The van der Waals surface area contributed by atoms with Crippen LogP contribution < -0.4 is 5.32 Å². The number of carbonyl (C=O) groups is 2. The van der Waals surface area contributed by atoms with Crippen molar-refractivity contribution in [1.29, 1.82) is 0 Å².